The monoisotopic (exact) mass is 486 g/mol. The minimum atomic E-state index is -2.84. The van der Waals surface area contributed by atoms with E-state index < -0.39 is 23.9 Å². The van der Waals surface area contributed by atoms with Crippen molar-refractivity contribution in [2.24, 2.45) is 0 Å². The number of alkyl halides is 2. The molecule has 8 heteroatoms. The van der Waals surface area contributed by atoms with Gasteiger partial charge in [-0.25, -0.2) is 13.2 Å². The smallest absolute Gasteiger partial charge is 0.267 e. The Balaban J connectivity index is 1.67. The molecule has 2 atom stereocenters. The standard InChI is InChI=1S/C22H26BrF3N2O2/c1-29-14-18(30-21-19(22(25)26)9-16(24)10-20(21)23)11-17-13-28(8-7-27-17)12-15-5-3-2-4-6-15/h2-6,9-10,17-18,22,27H,7-8,11-14H2,1H3/t17-,18?/m1/s1. The quantitative estimate of drug-likeness (QED) is 0.552. The Bertz CT molecular complexity index is 810. The number of methoxy groups -OCH3 is 1. The van der Waals surface area contributed by atoms with Crippen LogP contribution in [-0.4, -0.2) is 50.4 Å². The van der Waals surface area contributed by atoms with Gasteiger partial charge in [0.25, 0.3) is 6.43 Å². The van der Waals surface area contributed by atoms with Crippen LogP contribution in [0, 0.1) is 5.82 Å². The molecule has 1 saturated heterocycles. The molecular formula is C22H26BrF3N2O2. The van der Waals surface area contributed by atoms with Crippen LogP contribution in [0.5, 0.6) is 5.75 Å². The minimum absolute atomic E-state index is 0.0367. The number of hydrogen-bond acceptors (Lipinski definition) is 4. The molecular weight excluding hydrogens is 461 g/mol. The second-order valence-corrected chi connectivity index (χ2v) is 8.26. The molecule has 4 nitrogen and oxygen atoms in total. The molecule has 1 heterocycles. The van der Waals surface area contributed by atoms with Crippen LogP contribution in [0.25, 0.3) is 0 Å². The van der Waals surface area contributed by atoms with Crippen molar-refractivity contribution in [1.82, 2.24) is 10.2 Å². The molecule has 1 fully saturated rings. The first kappa shape index (κ1) is 23.1. The van der Waals surface area contributed by atoms with E-state index >= 15 is 0 Å². The first-order valence-corrected chi connectivity index (χ1v) is 10.7. The summed E-state index contributed by atoms with van der Waals surface area (Å²) in [6.07, 6.45) is -2.72. The molecule has 0 spiro atoms. The van der Waals surface area contributed by atoms with Gasteiger partial charge >= 0.3 is 0 Å². The summed E-state index contributed by atoms with van der Waals surface area (Å²) >= 11 is 3.15. The Morgan fingerprint density at radius 2 is 2.00 bits per heavy atom. The third kappa shape index (κ3) is 6.44. The Morgan fingerprint density at radius 1 is 1.23 bits per heavy atom. The summed E-state index contributed by atoms with van der Waals surface area (Å²) in [5.41, 5.74) is 0.782. The van der Waals surface area contributed by atoms with Crippen molar-refractivity contribution >= 4 is 15.9 Å². The van der Waals surface area contributed by atoms with E-state index in [1.165, 1.54) is 5.56 Å². The zero-order valence-corrected chi connectivity index (χ0v) is 18.4. The van der Waals surface area contributed by atoms with Gasteiger partial charge < -0.3 is 14.8 Å². The number of halogens is 4. The molecule has 0 amide bonds. The van der Waals surface area contributed by atoms with E-state index in [1.54, 1.807) is 7.11 Å². The summed E-state index contributed by atoms with van der Waals surface area (Å²) in [5.74, 6) is -0.774. The fourth-order valence-electron chi connectivity index (χ4n) is 3.72. The van der Waals surface area contributed by atoms with Gasteiger partial charge in [-0.1, -0.05) is 30.3 Å². The van der Waals surface area contributed by atoms with Crippen LogP contribution in [0.3, 0.4) is 0 Å². The van der Waals surface area contributed by atoms with Crippen molar-refractivity contribution < 1.29 is 22.6 Å². The molecule has 1 aliphatic rings. The Hall–Kier alpha value is -1.61. The van der Waals surface area contributed by atoms with Crippen LogP contribution in [0.15, 0.2) is 46.9 Å². The van der Waals surface area contributed by atoms with E-state index in [4.69, 9.17) is 9.47 Å². The number of nitrogens with one attached hydrogen (secondary N) is 1. The van der Waals surface area contributed by atoms with E-state index in [0.29, 0.717) is 6.42 Å². The fraction of sp³-hybridized carbons (Fsp3) is 0.455. The lowest BCUT2D eigenvalue weighted by Crippen LogP contribution is -2.52. The van der Waals surface area contributed by atoms with Crippen molar-refractivity contribution in [2.75, 3.05) is 33.4 Å². The average Bonchev–Trinajstić information content (AvgIpc) is 2.71. The van der Waals surface area contributed by atoms with E-state index in [2.05, 4.69) is 38.3 Å². The number of hydrogen-bond donors (Lipinski definition) is 1. The molecule has 3 rings (SSSR count). The normalized spacial score (nSPS) is 18.5. The lowest BCUT2D eigenvalue weighted by molar-refractivity contribution is 0.0549. The lowest BCUT2D eigenvalue weighted by atomic mass is 10.1. The predicted octanol–water partition coefficient (Wildman–Crippen LogP) is 4.78. The number of piperazine rings is 1. The van der Waals surface area contributed by atoms with Crippen LogP contribution in [-0.2, 0) is 11.3 Å². The van der Waals surface area contributed by atoms with Gasteiger partial charge in [-0.05, 0) is 33.6 Å². The fourth-order valence-corrected chi connectivity index (χ4v) is 4.27. The van der Waals surface area contributed by atoms with Gasteiger partial charge in [-0.2, -0.15) is 0 Å². The zero-order chi connectivity index (χ0) is 21.5. The minimum Gasteiger partial charge on any atom is -0.486 e. The van der Waals surface area contributed by atoms with Crippen LogP contribution in [0.4, 0.5) is 13.2 Å². The molecule has 0 bridgehead atoms. The maximum atomic E-state index is 13.6. The molecule has 0 radical (unpaired) electrons. The number of ether oxygens (including phenoxy) is 2. The predicted molar refractivity (Wildman–Crippen MR) is 113 cm³/mol. The van der Waals surface area contributed by atoms with Gasteiger partial charge in [0.1, 0.15) is 17.7 Å². The Kier molecular flexibility index (Phi) is 8.56. The van der Waals surface area contributed by atoms with Crippen molar-refractivity contribution in [3.05, 3.63) is 63.9 Å². The largest absolute Gasteiger partial charge is 0.486 e. The lowest BCUT2D eigenvalue weighted by Gasteiger charge is -2.35. The van der Waals surface area contributed by atoms with Crippen LogP contribution >= 0.6 is 15.9 Å². The number of benzene rings is 2. The van der Waals surface area contributed by atoms with E-state index in [0.717, 1.165) is 38.3 Å². The Labute approximate surface area is 183 Å². The summed E-state index contributed by atoms with van der Waals surface area (Å²) in [5, 5.41) is 3.47. The van der Waals surface area contributed by atoms with Crippen LogP contribution in [0.2, 0.25) is 0 Å². The van der Waals surface area contributed by atoms with Crippen molar-refractivity contribution in [2.45, 2.75) is 31.5 Å². The molecule has 164 valence electrons. The van der Waals surface area contributed by atoms with Gasteiger partial charge in [0.2, 0.25) is 0 Å². The number of rotatable bonds is 9. The Morgan fingerprint density at radius 3 is 2.70 bits per heavy atom. The topological polar surface area (TPSA) is 33.7 Å². The van der Waals surface area contributed by atoms with Gasteiger partial charge in [-0.3, -0.25) is 4.90 Å². The van der Waals surface area contributed by atoms with Crippen LogP contribution in [0.1, 0.15) is 24.0 Å². The van der Waals surface area contributed by atoms with E-state index in [1.807, 2.05) is 18.2 Å². The molecule has 2 aromatic carbocycles. The van der Waals surface area contributed by atoms with Crippen LogP contribution < -0.4 is 10.1 Å². The zero-order valence-electron chi connectivity index (χ0n) is 16.8. The highest BCUT2D eigenvalue weighted by molar-refractivity contribution is 9.10. The average molecular weight is 487 g/mol. The highest BCUT2D eigenvalue weighted by Crippen LogP contribution is 2.37. The van der Waals surface area contributed by atoms with Gasteiger partial charge in [0, 0.05) is 45.8 Å². The summed E-state index contributed by atoms with van der Waals surface area (Å²) in [7, 11) is 1.54. The maximum Gasteiger partial charge on any atom is 0.267 e. The summed E-state index contributed by atoms with van der Waals surface area (Å²) in [6, 6.07) is 12.3. The molecule has 30 heavy (non-hydrogen) atoms. The van der Waals surface area contributed by atoms with E-state index in [-0.39, 0.29) is 22.9 Å². The molecule has 1 aliphatic heterocycles. The molecule has 0 aromatic heterocycles. The van der Waals surface area contributed by atoms with Gasteiger partial charge in [0.05, 0.1) is 16.6 Å². The molecule has 2 aromatic rings. The maximum absolute atomic E-state index is 13.6. The van der Waals surface area contributed by atoms with Crippen molar-refractivity contribution in [3.63, 3.8) is 0 Å². The van der Waals surface area contributed by atoms with E-state index in [9.17, 15) is 13.2 Å². The molecule has 0 aliphatic carbocycles. The SMILES string of the molecule is COCC(C[C@@H]1CN(Cc2ccccc2)CCN1)Oc1c(Br)cc(F)cc1C(F)F. The highest BCUT2D eigenvalue weighted by Gasteiger charge is 2.26. The van der Waals surface area contributed by atoms with Gasteiger partial charge in [0.15, 0.2) is 0 Å². The third-order valence-corrected chi connectivity index (χ3v) is 5.63. The molecule has 1 N–H and O–H groups in total. The molecule has 0 saturated carbocycles. The first-order valence-electron chi connectivity index (χ1n) is 9.88. The third-order valence-electron chi connectivity index (χ3n) is 5.05. The second kappa shape index (κ2) is 11.1. The first-order chi connectivity index (χ1) is 14.5. The summed E-state index contributed by atoms with van der Waals surface area (Å²) in [6.45, 7) is 3.67. The number of nitrogens with zero attached hydrogens (tertiary/aromatic N) is 1. The summed E-state index contributed by atoms with van der Waals surface area (Å²) < 4.78 is 51.8. The summed E-state index contributed by atoms with van der Waals surface area (Å²) in [4.78, 5) is 2.36. The van der Waals surface area contributed by atoms with Gasteiger partial charge in [-0.15, -0.1) is 0 Å². The van der Waals surface area contributed by atoms with Crippen molar-refractivity contribution in [1.29, 1.82) is 0 Å². The molecule has 1 unspecified atom stereocenters. The van der Waals surface area contributed by atoms with Crippen molar-refractivity contribution in [3.8, 4) is 5.75 Å². The second-order valence-electron chi connectivity index (χ2n) is 7.41. The highest BCUT2D eigenvalue weighted by atomic mass is 79.9.